The van der Waals surface area contributed by atoms with Crippen LogP contribution in [0, 0.1) is 0 Å². The lowest BCUT2D eigenvalue weighted by Gasteiger charge is -2.04. The summed E-state index contributed by atoms with van der Waals surface area (Å²) in [6.07, 6.45) is 7.91. The maximum absolute atomic E-state index is 3.48. The second kappa shape index (κ2) is 5.17. The lowest BCUT2D eigenvalue weighted by molar-refractivity contribution is 0.609. The Hall–Kier alpha value is -0.800. The first-order chi connectivity index (χ1) is 6.95. The highest BCUT2D eigenvalue weighted by Gasteiger charge is 2.19. The van der Waals surface area contributed by atoms with Crippen LogP contribution in [-0.4, -0.2) is 30.7 Å². The Morgan fingerprint density at radius 2 is 2.21 bits per heavy atom. The second-order valence-corrected chi connectivity index (χ2v) is 3.95. The van der Waals surface area contributed by atoms with E-state index in [1.54, 1.807) is 0 Å². The highest BCUT2D eigenvalue weighted by molar-refractivity contribution is 5.08. The quantitative estimate of drug-likeness (QED) is 0.563. The normalized spacial score (nSPS) is 16.0. The number of hydrogen-bond acceptors (Lipinski definition) is 2. The summed E-state index contributed by atoms with van der Waals surface area (Å²) < 4.78 is 0. The second-order valence-electron chi connectivity index (χ2n) is 3.95. The Bertz CT molecular complexity index is 239. The van der Waals surface area contributed by atoms with Crippen molar-refractivity contribution in [3.05, 3.63) is 24.0 Å². The molecule has 0 spiro atoms. The maximum Gasteiger partial charge on any atom is 0.00793 e. The smallest absolute Gasteiger partial charge is 0.00793 e. The van der Waals surface area contributed by atoms with Crippen LogP contribution in [0.5, 0.6) is 0 Å². The van der Waals surface area contributed by atoms with Crippen LogP contribution in [0.4, 0.5) is 0 Å². The van der Waals surface area contributed by atoms with E-state index in [4.69, 9.17) is 0 Å². The summed E-state index contributed by atoms with van der Waals surface area (Å²) in [6, 6.07) is 2.96. The SMILES string of the molecule is c1cc(CCNCCNC2CC2)c[nH]1. The van der Waals surface area contributed by atoms with Gasteiger partial charge in [0.1, 0.15) is 0 Å². The first kappa shape index (κ1) is 9.74. The third-order valence-corrected chi connectivity index (χ3v) is 2.56. The van der Waals surface area contributed by atoms with E-state index in [-0.39, 0.29) is 0 Å². The molecule has 1 aliphatic carbocycles. The van der Waals surface area contributed by atoms with Crippen molar-refractivity contribution in [2.45, 2.75) is 25.3 Å². The van der Waals surface area contributed by atoms with E-state index in [9.17, 15) is 0 Å². The Labute approximate surface area is 85.3 Å². The van der Waals surface area contributed by atoms with Crippen LogP contribution in [0.25, 0.3) is 0 Å². The zero-order chi connectivity index (χ0) is 9.64. The lowest BCUT2D eigenvalue weighted by Crippen LogP contribution is -2.29. The van der Waals surface area contributed by atoms with Gasteiger partial charge in [-0.3, -0.25) is 0 Å². The summed E-state index contributed by atoms with van der Waals surface area (Å²) in [5.74, 6) is 0. The van der Waals surface area contributed by atoms with Gasteiger partial charge in [-0.15, -0.1) is 0 Å². The van der Waals surface area contributed by atoms with Crippen molar-refractivity contribution in [3.63, 3.8) is 0 Å². The van der Waals surface area contributed by atoms with Gasteiger partial charge in [-0.1, -0.05) is 0 Å². The zero-order valence-corrected chi connectivity index (χ0v) is 8.55. The fraction of sp³-hybridized carbons (Fsp3) is 0.636. The monoisotopic (exact) mass is 193 g/mol. The molecule has 0 unspecified atom stereocenters. The average molecular weight is 193 g/mol. The molecule has 1 heterocycles. The molecule has 1 fully saturated rings. The van der Waals surface area contributed by atoms with Crippen molar-refractivity contribution in [1.29, 1.82) is 0 Å². The van der Waals surface area contributed by atoms with Gasteiger partial charge in [-0.25, -0.2) is 0 Å². The summed E-state index contributed by atoms with van der Waals surface area (Å²) >= 11 is 0. The van der Waals surface area contributed by atoms with Crippen molar-refractivity contribution >= 4 is 0 Å². The van der Waals surface area contributed by atoms with Crippen molar-refractivity contribution in [2.75, 3.05) is 19.6 Å². The molecule has 0 bridgehead atoms. The minimum absolute atomic E-state index is 0.835. The van der Waals surface area contributed by atoms with Crippen molar-refractivity contribution < 1.29 is 0 Å². The van der Waals surface area contributed by atoms with Crippen LogP contribution in [0.15, 0.2) is 18.5 Å². The van der Waals surface area contributed by atoms with E-state index in [0.29, 0.717) is 0 Å². The number of aromatic amines is 1. The number of nitrogens with one attached hydrogen (secondary N) is 3. The van der Waals surface area contributed by atoms with Gasteiger partial charge >= 0.3 is 0 Å². The van der Waals surface area contributed by atoms with Crippen LogP contribution in [0.1, 0.15) is 18.4 Å². The minimum atomic E-state index is 0.835. The van der Waals surface area contributed by atoms with Crippen molar-refractivity contribution in [3.8, 4) is 0 Å². The first-order valence-electron chi connectivity index (χ1n) is 5.51. The van der Waals surface area contributed by atoms with Gasteiger partial charge in [-0.2, -0.15) is 0 Å². The molecule has 1 aromatic heterocycles. The fourth-order valence-corrected chi connectivity index (χ4v) is 1.52. The fourth-order valence-electron chi connectivity index (χ4n) is 1.52. The number of aromatic nitrogens is 1. The van der Waals surface area contributed by atoms with Gasteiger partial charge in [0.25, 0.3) is 0 Å². The number of H-pyrrole nitrogens is 1. The zero-order valence-electron chi connectivity index (χ0n) is 8.55. The predicted octanol–water partition coefficient (Wildman–Crippen LogP) is 0.899. The van der Waals surface area contributed by atoms with Gasteiger partial charge in [0.05, 0.1) is 0 Å². The van der Waals surface area contributed by atoms with Crippen LogP contribution < -0.4 is 10.6 Å². The third-order valence-electron chi connectivity index (χ3n) is 2.56. The molecule has 3 nitrogen and oxygen atoms in total. The van der Waals surface area contributed by atoms with Crippen molar-refractivity contribution in [2.24, 2.45) is 0 Å². The molecular weight excluding hydrogens is 174 g/mol. The van der Waals surface area contributed by atoms with E-state index in [0.717, 1.165) is 32.1 Å². The predicted molar refractivity (Wildman–Crippen MR) is 58.4 cm³/mol. The van der Waals surface area contributed by atoms with Crippen LogP contribution in [0.2, 0.25) is 0 Å². The van der Waals surface area contributed by atoms with E-state index >= 15 is 0 Å². The summed E-state index contributed by atoms with van der Waals surface area (Å²) in [6.45, 7) is 3.27. The molecule has 0 atom stereocenters. The molecule has 0 aliphatic heterocycles. The Morgan fingerprint density at radius 3 is 2.93 bits per heavy atom. The summed E-state index contributed by atoms with van der Waals surface area (Å²) in [4.78, 5) is 3.06. The van der Waals surface area contributed by atoms with Crippen LogP contribution in [0.3, 0.4) is 0 Å². The van der Waals surface area contributed by atoms with E-state index < -0.39 is 0 Å². The van der Waals surface area contributed by atoms with Crippen LogP contribution >= 0.6 is 0 Å². The Kier molecular flexibility index (Phi) is 3.60. The molecule has 1 aromatic rings. The molecule has 0 amide bonds. The standard InChI is InChI=1S/C11H19N3/c1-2-11(1)14-8-7-12-5-3-10-4-6-13-9-10/h4,6,9,11-14H,1-3,5,7-8H2. The molecule has 3 N–H and O–H groups in total. The third kappa shape index (κ3) is 3.52. The van der Waals surface area contributed by atoms with Gasteiger partial charge in [0.2, 0.25) is 0 Å². The molecule has 0 radical (unpaired) electrons. The minimum Gasteiger partial charge on any atom is -0.367 e. The Morgan fingerprint density at radius 1 is 1.29 bits per heavy atom. The average Bonchev–Trinajstić information content (AvgIpc) is 2.87. The highest BCUT2D eigenvalue weighted by Crippen LogP contribution is 2.17. The molecule has 0 aromatic carbocycles. The highest BCUT2D eigenvalue weighted by atomic mass is 15.0. The lowest BCUT2D eigenvalue weighted by atomic mass is 10.2. The number of rotatable bonds is 7. The van der Waals surface area contributed by atoms with Gasteiger partial charge in [0.15, 0.2) is 0 Å². The largest absolute Gasteiger partial charge is 0.367 e. The van der Waals surface area contributed by atoms with Crippen LogP contribution in [-0.2, 0) is 6.42 Å². The molecule has 1 saturated carbocycles. The molecule has 14 heavy (non-hydrogen) atoms. The summed E-state index contributed by atoms with van der Waals surface area (Å²) in [5.41, 5.74) is 1.38. The van der Waals surface area contributed by atoms with E-state index in [1.165, 1.54) is 18.4 Å². The van der Waals surface area contributed by atoms with Gasteiger partial charge < -0.3 is 15.6 Å². The molecule has 0 saturated heterocycles. The van der Waals surface area contributed by atoms with Gasteiger partial charge in [-0.05, 0) is 37.4 Å². The van der Waals surface area contributed by atoms with E-state index in [2.05, 4.69) is 27.9 Å². The molecule has 78 valence electrons. The molecule has 3 heteroatoms. The summed E-state index contributed by atoms with van der Waals surface area (Å²) in [7, 11) is 0. The first-order valence-corrected chi connectivity index (χ1v) is 5.51. The molecular formula is C11H19N3. The molecule has 1 aliphatic rings. The van der Waals surface area contributed by atoms with E-state index in [1.807, 2.05) is 6.20 Å². The molecule has 2 rings (SSSR count). The number of hydrogen-bond donors (Lipinski definition) is 3. The maximum atomic E-state index is 3.48. The summed E-state index contributed by atoms with van der Waals surface area (Å²) in [5, 5.41) is 6.91. The Balaban J connectivity index is 1.43. The van der Waals surface area contributed by atoms with Gasteiger partial charge in [0, 0.05) is 31.5 Å². The topological polar surface area (TPSA) is 39.8 Å². The van der Waals surface area contributed by atoms with Crippen molar-refractivity contribution in [1.82, 2.24) is 15.6 Å².